The van der Waals surface area contributed by atoms with Gasteiger partial charge in [0.2, 0.25) is 5.78 Å². The predicted octanol–water partition coefficient (Wildman–Crippen LogP) is 4.72. The molecule has 0 atom stereocenters. The standard InChI is InChI=1S/C27H26N2O5/c1-17-14-23(18(2)29(17)21-11-8-19(9-12-21)27(32)33-3)25(30)16-34-26(31)13-10-20-15-28-24-7-5-4-6-22(20)24/h4-9,11-12,14-15,28H,10,13,16H2,1-3H3. The largest absolute Gasteiger partial charge is 0.465 e. The number of nitrogens with zero attached hydrogens (tertiary/aromatic N) is 1. The maximum Gasteiger partial charge on any atom is 0.337 e. The third-order valence-electron chi connectivity index (χ3n) is 5.92. The lowest BCUT2D eigenvalue weighted by Gasteiger charge is -2.11. The monoisotopic (exact) mass is 458 g/mol. The zero-order valence-electron chi connectivity index (χ0n) is 19.4. The Hall–Kier alpha value is -4.13. The van der Waals surface area contributed by atoms with Gasteiger partial charge in [-0.15, -0.1) is 0 Å². The first-order chi connectivity index (χ1) is 16.4. The molecule has 4 rings (SSSR count). The Morgan fingerprint density at radius 2 is 1.74 bits per heavy atom. The van der Waals surface area contributed by atoms with Crippen LogP contribution in [0.1, 0.15) is 44.1 Å². The number of carbonyl (C=O) groups is 3. The van der Waals surface area contributed by atoms with Gasteiger partial charge in [-0.2, -0.15) is 0 Å². The van der Waals surface area contributed by atoms with Crippen molar-refractivity contribution >= 4 is 28.6 Å². The molecule has 0 amide bonds. The number of fused-ring (bicyclic) bond motifs is 1. The van der Waals surface area contributed by atoms with Crippen LogP contribution in [0.15, 0.2) is 60.8 Å². The first-order valence-electron chi connectivity index (χ1n) is 11.0. The van der Waals surface area contributed by atoms with E-state index >= 15 is 0 Å². The van der Waals surface area contributed by atoms with Gasteiger partial charge in [-0.25, -0.2) is 4.79 Å². The maximum absolute atomic E-state index is 12.8. The van der Waals surface area contributed by atoms with Gasteiger partial charge in [0.05, 0.1) is 12.7 Å². The average Bonchev–Trinajstić information content (AvgIpc) is 3.40. The number of aryl methyl sites for hydroxylation is 2. The lowest BCUT2D eigenvalue weighted by Crippen LogP contribution is -2.15. The average molecular weight is 459 g/mol. The number of hydrogen-bond acceptors (Lipinski definition) is 5. The summed E-state index contributed by atoms with van der Waals surface area (Å²) in [6.07, 6.45) is 2.63. The molecule has 2 aromatic carbocycles. The number of methoxy groups -OCH3 is 1. The summed E-state index contributed by atoms with van der Waals surface area (Å²) in [5.41, 5.74) is 5.43. The van der Waals surface area contributed by atoms with Crippen LogP contribution in [0.25, 0.3) is 16.6 Å². The molecule has 174 valence electrons. The number of esters is 2. The Labute approximate surface area is 197 Å². The molecule has 0 spiro atoms. The van der Waals surface area contributed by atoms with E-state index in [0.29, 0.717) is 17.5 Å². The number of aromatic nitrogens is 2. The van der Waals surface area contributed by atoms with Crippen molar-refractivity contribution in [2.75, 3.05) is 13.7 Å². The number of H-pyrrole nitrogens is 1. The number of nitrogens with one attached hydrogen (secondary N) is 1. The second-order valence-corrected chi connectivity index (χ2v) is 8.10. The minimum atomic E-state index is -0.411. The van der Waals surface area contributed by atoms with Gasteiger partial charge in [0.25, 0.3) is 0 Å². The molecule has 1 N–H and O–H groups in total. The molecule has 7 nitrogen and oxygen atoms in total. The molecule has 0 saturated carbocycles. The fraction of sp³-hybridized carbons (Fsp3) is 0.222. The van der Waals surface area contributed by atoms with Gasteiger partial charge in [0, 0.05) is 46.2 Å². The van der Waals surface area contributed by atoms with Gasteiger partial charge in [-0.1, -0.05) is 18.2 Å². The van der Waals surface area contributed by atoms with Gasteiger partial charge < -0.3 is 19.0 Å². The number of aromatic amines is 1. The lowest BCUT2D eigenvalue weighted by atomic mass is 10.1. The van der Waals surface area contributed by atoms with E-state index in [0.717, 1.165) is 33.5 Å². The van der Waals surface area contributed by atoms with Crippen molar-refractivity contribution < 1.29 is 23.9 Å². The third kappa shape index (κ3) is 4.64. The first kappa shape index (κ1) is 23.0. The predicted molar refractivity (Wildman–Crippen MR) is 128 cm³/mol. The normalized spacial score (nSPS) is 10.9. The molecule has 2 heterocycles. The van der Waals surface area contributed by atoms with Crippen molar-refractivity contribution in [3.63, 3.8) is 0 Å². The molecule has 0 fully saturated rings. The molecule has 0 bridgehead atoms. The van der Waals surface area contributed by atoms with Crippen LogP contribution in [-0.4, -0.2) is 41.0 Å². The Bertz CT molecular complexity index is 1360. The molecular weight excluding hydrogens is 432 g/mol. The summed E-state index contributed by atoms with van der Waals surface area (Å²) >= 11 is 0. The number of ketones is 1. The Balaban J connectivity index is 1.38. The highest BCUT2D eigenvalue weighted by atomic mass is 16.5. The van der Waals surface area contributed by atoms with Crippen molar-refractivity contribution in [2.24, 2.45) is 0 Å². The second kappa shape index (κ2) is 9.79. The van der Waals surface area contributed by atoms with Crippen LogP contribution in [0.2, 0.25) is 0 Å². The van der Waals surface area contributed by atoms with E-state index in [4.69, 9.17) is 9.47 Å². The van der Waals surface area contributed by atoms with Crippen molar-refractivity contribution in [3.8, 4) is 5.69 Å². The first-order valence-corrected chi connectivity index (χ1v) is 11.0. The van der Waals surface area contributed by atoms with Crippen molar-refractivity contribution in [2.45, 2.75) is 26.7 Å². The third-order valence-corrected chi connectivity index (χ3v) is 5.92. The van der Waals surface area contributed by atoms with E-state index in [1.54, 1.807) is 30.3 Å². The molecule has 7 heteroatoms. The molecule has 0 aliphatic heterocycles. The summed E-state index contributed by atoms with van der Waals surface area (Å²) in [4.78, 5) is 39.9. The Morgan fingerprint density at radius 1 is 1.00 bits per heavy atom. The van der Waals surface area contributed by atoms with Crippen LogP contribution in [0, 0.1) is 13.8 Å². The number of rotatable bonds is 8. The van der Waals surface area contributed by atoms with E-state index in [-0.39, 0.29) is 18.8 Å². The highest BCUT2D eigenvalue weighted by molar-refractivity contribution is 5.99. The van der Waals surface area contributed by atoms with Crippen molar-refractivity contribution in [1.29, 1.82) is 0 Å². The minimum Gasteiger partial charge on any atom is -0.465 e. The maximum atomic E-state index is 12.8. The highest BCUT2D eigenvalue weighted by Gasteiger charge is 2.19. The fourth-order valence-corrected chi connectivity index (χ4v) is 4.18. The van der Waals surface area contributed by atoms with Crippen molar-refractivity contribution in [1.82, 2.24) is 9.55 Å². The van der Waals surface area contributed by atoms with E-state index in [1.807, 2.05) is 48.9 Å². The molecule has 2 aromatic heterocycles. The van der Waals surface area contributed by atoms with Gasteiger partial charge in [0.15, 0.2) is 6.61 Å². The van der Waals surface area contributed by atoms with E-state index in [9.17, 15) is 14.4 Å². The molecule has 0 aliphatic rings. The van der Waals surface area contributed by atoms with Crippen LogP contribution in [0.4, 0.5) is 0 Å². The molecular formula is C27H26N2O5. The number of Topliss-reactive ketones (excluding diaryl/α,β-unsaturated/α-hetero) is 1. The summed E-state index contributed by atoms with van der Waals surface area (Å²) < 4.78 is 11.9. The summed E-state index contributed by atoms with van der Waals surface area (Å²) in [5.74, 6) is -1.08. The lowest BCUT2D eigenvalue weighted by molar-refractivity contribution is -0.142. The molecule has 0 radical (unpaired) electrons. The number of carbonyl (C=O) groups excluding carboxylic acids is 3. The van der Waals surface area contributed by atoms with Crippen molar-refractivity contribution in [3.05, 3.63) is 88.9 Å². The Kier molecular flexibility index (Phi) is 6.63. The number of para-hydroxylation sites is 1. The molecule has 0 saturated heterocycles. The van der Waals surface area contributed by atoms with Crippen LogP contribution < -0.4 is 0 Å². The van der Waals surface area contributed by atoms with Crippen LogP contribution in [0.5, 0.6) is 0 Å². The minimum absolute atomic E-state index is 0.195. The van der Waals surface area contributed by atoms with Crippen LogP contribution in [-0.2, 0) is 20.7 Å². The zero-order chi connectivity index (χ0) is 24.2. The van der Waals surface area contributed by atoms with E-state index < -0.39 is 11.9 Å². The van der Waals surface area contributed by atoms with Gasteiger partial charge in [-0.05, 0) is 62.2 Å². The smallest absolute Gasteiger partial charge is 0.337 e. The molecule has 0 aliphatic carbocycles. The van der Waals surface area contributed by atoms with Gasteiger partial charge in [-0.3, -0.25) is 9.59 Å². The quantitative estimate of drug-likeness (QED) is 0.305. The van der Waals surface area contributed by atoms with E-state index in [2.05, 4.69) is 4.98 Å². The van der Waals surface area contributed by atoms with Gasteiger partial charge in [0.1, 0.15) is 0 Å². The molecule has 34 heavy (non-hydrogen) atoms. The number of ether oxygens (including phenoxy) is 2. The van der Waals surface area contributed by atoms with Crippen LogP contribution >= 0.6 is 0 Å². The topological polar surface area (TPSA) is 90.4 Å². The SMILES string of the molecule is COC(=O)c1ccc(-n2c(C)cc(C(=O)COC(=O)CCc3c[nH]c4ccccc34)c2C)cc1. The summed E-state index contributed by atoms with van der Waals surface area (Å²) in [5, 5.41) is 1.08. The summed E-state index contributed by atoms with van der Waals surface area (Å²) in [6, 6.07) is 16.6. The highest BCUT2D eigenvalue weighted by Crippen LogP contribution is 2.22. The Morgan fingerprint density at radius 3 is 2.47 bits per heavy atom. The molecule has 0 unspecified atom stereocenters. The fourth-order valence-electron chi connectivity index (χ4n) is 4.18. The number of hydrogen-bond donors (Lipinski definition) is 1. The molecule has 4 aromatic rings. The summed E-state index contributed by atoms with van der Waals surface area (Å²) in [7, 11) is 1.34. The van der Waals surface area contributed by atoms with E-state index in [1.165, 1.54) is 7.11 Å². The second-order valence-electron chi connectivity index (χ2n) is 8.10. The van der Waals surface area contributed by atoms with Gasteiger partial charge >= 0.3 is 11.9 Å². The number of benzene rings is 2. The zero-order valence-corrected chi connectivity index (χ0v) is 19.4. The summed E-state index contributed by atoms with van der Waals surface area (Å²) in [6.45, 7) is 3.43. The van der Waals surface area contributed by atoms with Crippen LogP contribution in [0.3, 0.4) is 0 Å².